The first-order valence-electron chi connectivity index (χ1n) is 7.78. The van der Waals surface area contributed by atoms with Crippen LogP contribution in [0.25, 0.3) is 0 Å². The van der Waals surface area contributed by atoms with Crippen molar-refractivity contribution >= 4 is 39.2 Å². The molecule has 1 N–H and O–H groups in total. The first-order chi connectivity index (χ1) is 13.1. The van der Waals surface area contributed by atoms with Crippen molar-refractivity contribution in [3.63, 3.8) is 0 Å². The quantitative estimate of drug-likeness (QED) is 0.618. The highest BCUT2D eigenvalue weighted by Crippen LogP contribution is 2.25. The van der Waals surface area contributed by atoms with Crippen molar-refractivity contribution in [2.24, 2.45) is 0 Å². The minimum Gasteiger partial charge on any atom is -0.246 e. The van der Waals surface area contributed by atoms with Crippen LogP contribution < -0.4 is 4.72 Å². The van der Waals surface area contributed by atoms with Gasteiger partial charge in [0.2, 0.25) is 0 Å². The number of rotatable bonds is 6. The average Bonchev–Trinajstić information content (AvgIpc) is 3.14. The number of nitrogens with zero attached hydrogens (tertiary/aromatic N) is 5. The highest BCUT2D eigenvalue weighted by Gasteiger charge is 2.28. The van der Waals surface area contributed by atoms with E-state index in [1.807, 2.05) is 0 Å². The van der Waals surface area contributed by atoms with Gasteiger partial charge in [-0.3, -0.25) is 0 Å². The summed E-state index contributed by atoms with van der Waals surface area (Å²) >= 11 is 11.8. The Hall–Kier alpha value is -2.24. The molecule has 0 saturated heterocycles. The topological polar surface area (TPSA) is 94.7 Å². The van der Waals surface area contributed by atoms with E-state index in [-0.39, 0.29) is 28.8 Å². The number of hydrogen-bond acceptors (Lipinski definition) is 5. The molecule has 0 fully saturated rings. The molecule has 0 unspecified atom stereocenters. The summed E-state index contributed by atoms with van der Waals surface area (Å²) in [6.45, 7) is -0.105. The number of anilines is 1. The van der Waals surface area contributed by atoms with Gasteiger partial charge >= 0.3 is 6.55 Å². The molecule has 1 aromatic carbocycles. The van der Waals surface area contributed by atoms with Crippen LogP contribution >= 0.6 is 23.2 Å². The second-order valence-electron chi connectivity index (χ2n) is 5.84. The van der Waals surface area contributed by atoms with Crippen molar-refractivity contribution in [1.29, 1.82) is 0 Å². The van der Waals surface area contributed by atoms with Crippen molar-refractivity contribution in [1.82, 2.24) is 24.5 Å². The molecule has 0 aliphatic rings. The number of benzene rings is 1. The van der Waals surface area contributed by atoms with Gasteiger partial charge in [-0.25, -0.2) is 22.5 Å². The number of nitrogens with one attached hydrogen (secondary N) is 1. The van der Waals surface area contributed by atoms with Gasteiger partial charge in [0.15, 0.2) is 0 Å². The second kappa shape index (κ2) is 7.64. The highest BCUT2D eigenvalue weighted by atomic mass is 35.5. The Bertz CT molecular complexity index is 1130. The third kappa shape index (κ3) is 4.10. The van der Waals surface area contributed by atoms with E-state index in [9.17, 15) is 17.2 Å². The lowest BCUT2D eigenvalue weighted by molar-refractivity contribution is 0.0538. The Labute approximate surface area is 169 Å². The summed E-state index contributed by atoms with van der Waals surface area (Å²) in [7, 11) is -4.20. The molecule has 28 heavy (non-hydrogen) atoms. The van der Waals surface area contributed by atoms with Crippen molar-refractivity contribution in [3.05, 3.63) is 51.5 Å². The molecule has 0 aliphatic heterocycles. The zero-order valence-corrected chi connectivity index (χ0v) is 16.9. The van der Waals surface area contributed by atoms with Crippen molar-refractivity contribution in [2.75, 3.05) is 4.72 Å². The highest BCUT2D eigenvalue weighted by molar-refractivity contribution is 7.92. The Morgan fingerprint density at radius 2 is 1.89 bits per heavy atom. The van der Waals surface area contributed by atoms with Crippen LogP contribution in [0.1, 0.15) is 23.5 Å². The van der Waals surface area contributed by atoms with E-state index < -0.39 is 16.6 Å². The fraction of sp³-hybridized carbons (Fsp3) is 0.267. The summed E-state index contributed by atoms with van der Waals surface area (Å²) in [6, 6.07) is 5.03. The van der Waals surface area contributed by atoms with E-state index in [0.717, 1.165) is 5.56 Å². The van der Waals surface area contributed by atoms with Gasteiger partial charge in [0.05, 0.1) is 28.0 Å². The van der Waals surface area contributed by atoms with Gasteiger partial charge in [0.25, 0.3) is 16.0 Å². The van der Waals surface area contributed by atoms with Gasteiger partial charge in [-0.1, -0.05) is 29.3 Å². The molecule has 0 atom stereocenters. The van der Waals surface area contributed by atoms with Crippen LogP contribution in [-0.4, -0.2) is 33.0 Å². The maximum atomic E-state index is 12.9. The molecule has 0 bridgehead atoms. The van der Waals surface area contributed by atoms with Gasteiger partial charge in [-0.15, -0.1) is 5.10 Å². The van der Waals surface area contributed by atoms with Crippen LogP contribution in [0.4, 0.5) is 14.7 Å². The molecule has 0 radical (unpaired) electrons. The molecule has 150 valence electrons. The molecular weight excluding hydrogens is 437 g/mol. The first-order valence-corrected chi connectivity index (χ1v) is 10.0. The lowest BCUT2D eigenvalue weighted by Crippen LogP contribution is -2.16. The summed E-state index contributed by atoms with van der Waals surface area (Å²) in [5, 5.41) is 8.39. The number of hydrogen-bond donors (Lipinski definition) is 1. The minimum atomic E-state index is -4.20. The second-order valence-corrected chi connectivity index (χ2v) is 8.28. The summed E-state index contributed by atoms with van der Waals surface area (Å²) < 4.78 is 55.0. The SMILES string of the molecule is Cc1nn(C(F)F)c(C)c1S(=O)(=O)Nc1ncn(Cc2ccc(Cl)c(Cl)c2)n1. The van der Waals surface area contributed by atoms with Gasteiger partial charge in [0.1, 0.15) is 11.2 Å². The van der Waals surface area contributed by atoms with E-state index in [4.69, 9.17) is 23.2 Å². The summed E-state index contributed by atoms with van der Waals surface area (Å²) in [5.74, 6) is -0.205. The lowest BCUT2D eigenvalue weighted by Gasteiger charge is -2.06. The Morgan fingerprint density at radius 1 is 1.18 bits per heavy atom. The third-order valence-corrected chi connectivity index (χ3v) is 6.12. The Kier molecular flexibility index (Phi) is 5.60. The van der Waals surface area contributed by atoms with Crippen molar-refractivity contribution < 1.29 is 17.2 Å². The largest absolute Gasteiger partial charge is 0.333 e. The monoisotopic (exact) mass is 450 g/mol. The minimum absolute atomic E-state index is 0.0551. The van der Waals surface area contributed by atoms with Crippen LogP contribution in [-0.2, 0) is 16.6 Å². The average molecular weight is 451 g/mol. The van der Waals surface area contributed by atoms with Crippen LogP contribution in [0, 0.1) is 13.8 Å². The third-order valence-electron chi connectivity index (χ3n) is 3.80. The zero-order chi connectivity index (χ0) is 20.6. The van der Waals surface area contributed by atoms with E-state index >= 15 is 0 Å². The maximum absolute atomic E-state index is 12.9. The van der Waals surface area contributed by atoms with Crippen molar-refractivity contribution in [2.45, 2.75) is 31.8 Å². The number of sulfonamides is 1. The van der Waals surface area contributed by atoms with Crippen LogP contribution in [0.15, 0.2) is 29.4 Å². The van der Waals surface area contributed by atoms with E-state index in [1.165, 1.54) is 24.9 Å². The first kappa shape index (κ1) is 20.5. The van der Waals surface area contributed by atoms with E-state index in [1.54, 1.807) is 18.2 Å². The normalized spacial score (nSPS) is 12.0. The fourth-order valence-electron chi connectivity index (χ4n) is 2.64. The van der Waals surface area contributed by atoms with Gasteiger partial charge < -0.3 is 0 Å². The van der Waals surface area contributed by atoms with Crippen LogP contribution in [0.2, 0.25) is 10.0 Å². The number of aromatic nitrogens is 5. The zero-order valence-electron chi connectivity index (χ0n) is 14.6. The Balaban J connectivity index is 1.82. The van der Waals surface area contributed by atoms with Gasteiger partial charge in [0, 0.05) is 0 Å². The molecule has 0 amide bonds. The standard InChI is InChI=1S/C15H14Cl2F2N6O2S/c1-8-13(9(2)25(21-8)14(18)19)28(26,27)23-15-20-7-24(22-15)6-10-3-4-11(16)12(17)5-10/h3-5,7,14H,6H2,1-2H3,(H,22,23). The fourth-order valence-corrected chi connectivity index (χ4v) is 4.31. The lowest BCUT2D eigenvalue weighted by atomic mass is 10.2. The molecule has 2 heterocycles. The molecule has 0 spiro atoms. The smallest absolute Gasteiger partial charge is 0.246 e. The van der Waals surface area contributed by atoms with Gasteiger partial charge in [-0.05, 0) is 31.5 Å². The maximum Gasteiger partial charge on any atom is 0.333 e. The summed E-state index contributed by atoms with van der Waals surface area (Å²) in [4.78, 5) is 3.55. The molecular formula is C15H14Cl2F2N6O2S. The predicted octanol–water partition coefficient (Wildman–Crippen LogP) is 3.64. The summed E-state index contributed by atoms with van der Waals surface area (Å²) in [6.07, 6.45) is 1.32. The number of aryl methyl sites for hydroxylation is 1. The van der Waals surface area contributed by atoms with Gasteiger partial charge in [-0.2, -0.15) is 18.9 Å². The Morgan fingerprint density at radius 3 is 2.50 bits per heavy atom. The molecule has 13 heteroatoms. The van der Waals surface area contributed by atoms with E-state index in [2.05, 4.69) is 19.9 Å². The predicted molar refractivity (Wildman–Crippen MR) is 99.3 cm³/mol. The van der Waals surface area contributed by atoms with Crippen LogP contribution in [0.5, 0.6) is 0 Å². The summed E-state index contributed by atoms with van der Waals surface area (Å²) in [5.41, 5.74) is 0.536. The van der Waals surface area contributed by atoms with Crippen LogP contribution in [0.3, 0.4) is 0 Å². The molecule has 8 nitrogen and oxygen atoms in total. The molecule has 2 aromatic heterocycles. The molecule has 0 aliphatic carbocycles. The number of halogens is 4. The molecule has 3 aromatic rings. The molecule has 0 saturated carbocycles. The molecule has 3 rings (SSSR count). The number of alkyl halides is 2. The van der Waals surface area contributed by atoms with E-state index in [0.29, 0.717) is 14.7 Å². The van der Waals surface area contributed by atoms with Crippen molar-refractivity contribution in [3.8, 4) is 0 Å².